The summed E-state index contributed by atoms with van der Waals surface area (Å²) < 4.78 is 11.5. The van der Waals surface area contributed by atoms with E-state index in [4.69, 9.17) is 9.47 Å². The van der Waals surface area contributed by atoms with Crippen molar-refractivity contribution in [1.82, 2.24) is 14.9 Å². The van der Waals surface area contributed by atoms with Gasteiger partial charge in [0.25, 0.3) is 0 Å². The van der Waals surface area contributed by atoms with Crippen LogP contribution in [0.2, 0.25) is 0 Å². The predicted molar refractivity (Wildman–Crippen MR) is 128 cm³/mol. The van der Waals surface area contributed by atoms with Crippen LogP contribution in [0.15, 0.2) is 35.0 Å². The highest BCUT2D eigenvalue weighted by atomic mass is 16.6. The highest BCUT2D eigenvalue weighted by Gasteiger charge is 2.29. The van der Waals surface area contributed by atoms with Crippen molar-refractivity contribution in [2.75, 3.05) is 19.7 Å². The van der Waals surface area contributed by atoms with Gasteiger partial charge in [-0.05, 0) is 57.9 Å². The third-order valence-electron chi connectivity index (χ3n) is 6.56. The van der Waals surface area contributed by atoms with E-state index >= 15 is 0 Å². The number of hydrogen-bond acceptors (Lipinski definition) is 6. The Morgan fingerprint density at radius 1 is 1.27 bits per heavy atom. The first-order valence-electron chi connectivity index (χ1n) is 12.2. The Morgan fingerprint density at radius 3 is 2.85 bits per heavy atom. The van der Waals surface area contributed by atoms with E-state index in [0.717, 1.165) is 68.6 Å². The Bertz CT molecular complexity index is 985. The van der Waals surface area contributed by atoms with Crippen molar-refractivity contribution < 1.29 is 14.3 Å². The van der Waals surface area contributed by atoms with Gasteiger partial charge in [0.05, 0.1) is 29.6 Å². The lowest BCUT2D eigenvalue weighted by Crippen LogP contribution is -2.39. The Labute approximate surface area is 196 Å². The van der Waals surface area contributed by atoms with E-state index in [1.54, 1.807) is 6.33 Å². The number of unbranched alkanes of at least 4 members (excludes halogenated alkanes) is 1. The molecule has 1 aromatic rings. The molecule has 176 valence electrons. The maximum absolute atomic E-state index is 12.2. The number of amides is 1. The van der Waals surface area contributed by atoms with Crippen molar-refractivity contribution in [2.24, 2.45) is 10.9 Å². The van der Waals surface area contributed by atoms with Crippen LogP contribution in [-0.2, 0) is 4.74 Å². The number of nitrogens with zero attached hydrogens (tertiary/aromatic N) is 4. The van der Waals surface area contributed by atoms with E-state index in [1.165, 1.54) is 0 Å². The van der Waals surface area contributed by atoms with Crippen molar-refractivity contribution in [3.05, 3.63) is 41.2 Å². The minimum atomic E-state index is -0.165. The van der Waals surface area contributed by atoms with Gasteiger partial charge in [0.1, 0.15) is 6.33 Å². The van der Waals surface area contributed by atoms with E-state index in [2.05, 4.69) is 39.8 Å². The largest absolute Gasteiger partial charge is 0.449 e. The fraction of sp³-hybridized carbons (Fsp3) is 0.577. The quantitative estimate of drug-likeness (QED) is 0.416. The second kappa shape index (κ2) is 10.8. The molecule has 1 aromatic heterocycles. The molecule has 0 aromatic carbocycles. The lowest BCUT2D eigenvalue weighted by Gasteiger charge is -2.33. The standard InChI is InChI=1S/C26H34N4O3/c1-4-5-15-32-26(31)30-13-11-20(12-14-30)16-21-7-6-8-22-24(21)27-17-28-25(22)33-23-10-9-18(2)29-19(23)3/h6,8-9,17-18,20-21H,4-5,7,11-16H2,1-3H3. The highest BCUT2D eigenvalue weighted by Crippen LogP contribution is 2.38. The molecule has 2 aliphatic heterocycles. The molecule has 0 saturated carbocycles. The topological polar surface area (TPSA) is 76.9 Å². The molecule has 3 heterocycles. The van der Waals surface area contributed by atoms with Crippen LogP contribution in [0.4, 0.5) is 4.79 Å². The van der Waals surface area contributed by atoms with Crippen molar-refractivity contribution in [2.45, 2.75) is 71.3 Å². The molecule has 2 unspecified atom stereocenters. The number of fused-ring (bicyclic) bond motifs is 1. The number of allylic oxidation sites excluding steroid dienone is 1. The number of aromatic nitrogens is 2. The van der Waals surface area contributed by atoms with E-state index < -0.39 is 0 Å². The van der Waals surface area contributed by atoms with Gasteiger partial charge in [-0.2, -0.15) is 0 Å². The van der Waals surface area contributed by atoms with Crippen LogP contribution in [0, 0.1) is 5.92 Å². The van der Waals surface area contributed by atoms with Gasteiger partial charge in [0, 0.05) is 19.0 Å². The fourth-order valence-corrected chi connectivity index (χ4v) is 4.68. The van der Waals surface area contributed by atoms with Gasteiger partial charge in [0.2, 0.25) is 5.88 Å². The summed E-state index contributed by atoms with van der Waals surface area (Å²) in [5.41, 5.74) is 6.02. The molecule has 1 fully saturated rings. The molecule has 2 atom stereocenters. The average Bonchev–Trinajstić information content (AvgIpc) is 2.82. The third kappa shape index (κ3) is 5.72. The van der Waals surface area contributed by atoms with E-state index in [1.807, 2.05) is 24.8 Å². The second-order valence-electron chi connectivity index (χ2n) is 9.14. The molecule has 33 heavy (non-hydrogen) atoms. The Kier molecular flexibility index (Phi) is 7.61. The minimum absolute atomic E-state index is 0.116. The number of carbonyl (C=O) groups is 1. The summed E-state index contributed by atoms with van der Waals surface area (Å²) in [5.74, 6) is 2.07. The average molecular weight is 451 g/mol. The number of ether oxygens (including phenoxy) is 2. The fourth-order valence-electron chi connectivity index (χ4n) is 4.68. The predicted octanol–water partition coefficient (Wildman–Crippen LogP) is 5.30. The molecule has 1 amide bonds. The molecule has 7 nitrogen and oxygen atoms in total. The molecular weight excluding hydrogens is 416 g/mol. The van der Waals surface area contributed by atoms with Crippen LogP contribution < -0.4 is 4.74 Å². The smallest absolute Gasteiger partial charge is 0.409 e. The second-order valence-corrected chi connectivity index (χ2v) is 9.14. The molecule has 4 rings (SSSR count). The zero-order chi connectivity index (χ0) is 23.2. The number of rotatable bonds is 7. The summed E-state index contributed by atoms with van der Waals surface area (Å²) in [4.78, 5) is 27.7. The van der Waals surface area contributed by atoms with Crippen LogP contribution in [0.3, 0.4) is 0 Å². The molecular formula is C26H34N4O3. The monoisotopic (exact) mass is 450 g/mol. The van der Waals surface area contributed by atoms with Crippen LogP contribution in [-0.4, -0.2) is 52.4 Å². The minimum Gasteiger partial charge on any atom is -0.449 e. The van der Waals surface area contributed by atoms with Crippen LogP contribution in [0.1, 0.15) is 76.5 Å². The number of hydrogen-bond donors (Lipinski definition) is 0. The SMILES string of the molecule is CCCCOC(=O)N1CCC(CC2CC=Cc3c(OC4=C=CC(C)N=C4C)ncnc32)CC1. The van der Waals surface area contributed by atoms with Gasteiger partial charge in [-0.15, -0.1) is 0 Å². The van der Waals surface area contributed by atoms with E-state index in [9.17, 15) is 4.79 Å². The first-order valence-corrected chi connectivity index (χ1v) is 12.2. The normalized spacial score (nSPS) is 22.5. The lowest BCUT2D eigenvalue weighted by atomic mass is 9.81. The van der Waals surface area contributed by atoms with Crippen molar-refractivity contribution in [3.8, 4) is 5.88 Å². The van der Waals surface area contributed by atoms with Crippen LogP contribution in [0.5, 0.6) is 5.88 Å². The van der Waals surface area contributed by atoms with Crippen molar-refractivity contribution in [1.29, 1.82) is 0 Å². The van der Waals surface area contributed by atoms with Gasteiger partial charge >= 0.3 is 6.09 Å². The Morgan fingerprint density at radius 2 is 2.09 bits per heavy atom. The van der Waals surface area contributed by atoms with Crippen LogP contribution >= 0.6 is 0 Å². The van der Waals surface area contributed by atoms with Gasteiger partial charge in [-0.3, -0.25) is 4.99 Å². The van der Waals surface area contributed by atoms with Gasteiger partial charge in [-0.25, -0.2) is 14.8 Å². The Balaban J connectivity index is 1.38. The van der Waals surface area contributed by atoms with E-state index in [-0.39, 0.29) is 12.1 Å². The number of carbonyl (C=O) groups excluding carboxylic acids is 1. The molecule has 0 N–H and O–H groups in total. The summed E-state index contributed by atoms with van der Waals surface area (Å²) in [6.07, 6.45) is 13.6. The number of aliphatic imine (C=N–C) groups is 1. The first-order chi connectivity index (χ1) is 16.0. The molecule has 7 heteroatoms. The first kappa shape index (κ1) is 23.2. The van der Waals surface area contributed by atoms with Crippen molar-refractivity contribution in [3.63, 3.8) is 0 Å². The zero-order valence-corrected chi connectivity index (χ0v) is 19.9. The van der Waals surface area contributed by atoms with Gasteiger partial charge in [-0.1, -0.05) is 31.2 Å². The maximum atomic E-state index is 12.2. The maximum Gasteiger partial charge on any atom is 0.409 e. The molecule has 3 aliphatic rings. The van der Waals surface area contributed by atoms with E-state index in [0.29, 0.717) is 30.1 Å². The molecule has 1 saturated heterocycles. The van der Waals surface area contributed by atoms with Gasteiger partial charge < -0.3 is 14.4 Å². The summed E-state index contributed by atoms with van der Waals surface area (Å²) in [5, 5.41) is 0. The Hall–Kier alpha value is -2.92. The number of likely N-dealkylation sites (tertiary alicyclic amines) is 1. The summed E-state index contributed by atoms with van der Waals surface area (Å²) in [6.45, 7) is 8.10. The summed E-state index contributed by atoms with van der Waals surface area (Å²) in [6, 6.07) is 0.116. The molecule has 0 bridgehead atoms. The summed E-state index contributed by atoms with van der Waals surface area (Å²) in [7, 11) is 0. The molecule has 1 aliphatic carbocycles. The van der Waals surface area contributed by atoms with Crippen molar-refractivity contribution >= 4 is 17.9 Å². The molecule has 0 radical (unpaired) electrons. The third-order valence-corrected chi connectivity index (χ3v) is 6.56. The molecule has 0 spiro atoms. The summed E-state index contributed by atoms with van der Waals surface area (Å²) >= 11 is 0. The zero-order valence-electron chi connectivity index (χ0n) is 19.9. The van der Waals surface area contributed by atoms with Crippen LogP contribution in [0.25, 0.3) is 6.08 Å². The van der Waals surface area contributed by atoms with Gasteiger partial charge in [0.15, 0.2) is 5.76 Å². The highest BCUT2D eigenvalue weighted by molar-refractivity contribution is 5.97. The number of piperidine rings is 1. The lowest BCUT2D eigenvalue weighted by molar-refractivity contribution is 0.0851.